The van der Waals surface area contributed by atoms with Crippen molar-refractivity contribution in [2.24, 2.45) is 12.0 Å². The molecule has 5 heteroatoms. The molecule has 0 aliphatic carbocycles. The Hall–Kier alpha value is -2.30. The highest BCUT2D eigenvalue weighted by Gasteiger charge is 2.10. The van der Waals surface area contributed by atoms with E-state index < -0.39 is 0 Å². The van der Waals surface area contributed by atoms with Crippen molar-refractivity contribution in [1.82, 2.24) is 20.4 Å². The maximum Gasteiger partial charge on any atom is 0.191 e. The molecule has 0 saturated heterocycles. The lowest BCUT2D eigenvalue weighted by Crippen LogP contribution is -2.39. The minimum Gasteiger partial charge on any atom is -0.356 e. The first-order valence-electron chi connectivity index (χ1n) is 7.71. The van der Waals surface area contributed by atoms with Crippen LogP contribution in [0.25, 0.3) is 0 Å². The second-order valence-corrected chi connectivity index (χ2v) is 5.27. The van der Waals surface area contributed by atoms with Crippen molar-refractivity contribution in [1.29, 1.82) is 0 Å². The van der Waals surface area contributed by atoms with Gasteiger partial charge in [-0.2, -0.15) is 5.10 Å². The zero-order valence-electron chi connectivity index (χ0n) is 13.6. The van der Waals surface area contributed by atoms with Crippen molar-refractivity contribution < 1.29 is 0 Å². The molecule has 0 aliphatic rings. The fourth-order valence-corrected chi connectivity index (χ4v) is 2.41. The molecule has 0 amide bonds. The molecule has 2 aromatic rings. The molecule has 0 radical (unpaired) electrons. The normalized spacial score (nSPS) is 13.0. The lowest BCUT2D eigenvalue weighted by molar-refractivity contribution is 0.625. The first-order chi connectivity index (χ1) is 10.7. The van der Waals surface area contributed by atoms with Gasteiger partial charge in [0.1, 0.15) is 0 Å². The molecule has 0 aliphatic heterocycles. The summed E-state index contributed by atoms with van der Waals surface area (Å²) < 4.78 is 1.86. The molecule has 1 heterocycles. The second kappa shape index (κ2) is 8.22. The number of aliphatic imine (C=N–C) groups is 1. The third-order valence-electron chi connectivity index (χ3n) is 3.86. The molecule has 2 N–H and O–H groups in total. The van der Waals surface area contributed by atoms with Crippen LogP contribution in [0.3, 0.4) is 0 Å². The zero-order valence-corrected chi connectivity index (χ0v) is 13.6. The van der Waals surface area contributed by atoms with E-state index in [-0.39, 0.29) is 0 Å². The highest BCUT2D eigenvalue weighted by atomic mass is 15.3. The molecular formula is C17H25N5. The molecule has 1 atom stereocenters. The van der Waals surface area contributed by atoms with E-state index in [0.29, 0.717) is 12.5 Å². The standard InChI is InChI=1S/C17H25N5/c1-4-14(15-8-6-5-7-9-15)12-19-17(18-2)20-13-16-10-11-21-22(16)3/h5-11,14H,4,12-13H2,1-3H3,(H2,18,19,20). The van der Waals surface area contributed by atoms with Crippen molar-refractivity contribution in [2.45, 2.75) is 25.8 Å². The Balaban J connectivity index is 1.86. The Kier molecular flexibility index (Phi) is 6.01. The van der Waals surface area contributed by atoms with Crippen LogP contribution in [0.4, 0.5) is 0 Å². The Morgan fingerprint density at radius 2 is 2.00 bits per heavy atom. The van der Waals surface area contributed by atoms with Crippen LogP contribution in [0.15, 0.2) is 47.6 Å². The van der Waals surface area contributed by atoms with Crippen LogP contribution in [-0.2, 0) is 13.6 Å². The predicted octanol–water partition coefficient (Wildman–Crippen LogP) is 2.28. The van der Waals surface area contributed by atoms with Crippen LogP contribution in [0, 0.1) is 0 Å². The van der Waals surface area contributed by atoms with E-state index in [1.165, 1.54) is 5.56 Å². The Morgan fingerprint density at radius 3 is 2.59 bits per heavy atom. The summed E-state index contributed by atoms with van der Waals surface area (Å²) in [5.74, 6) is 1.30. The van der Waals surface area contributed by atoms with Crippen LogP contribution in [0.1, 0.15) is 30.5 Å². The van der Waals surface area contributed by atoms with E-state index in [0.717, 1.165) is 24.6 Å². The van der Waals surface area contributed by atoms with E-state index >= 15 is 0 Å². The van der Waals surface area contributed by atoms with Gasteiger partial charge in [0.15, 0.2) is 5.96 Å². The minimum absolute atomic E-state index is 0.483. The predicted molar refractivity (Wildman–Crippen MR) is 90.9 cm³/mol. The Labute approximate surface area is 132 Å². The number of aryl methyl sites for hydroxylation is 1. The first-order valence-corrected chi connectivity index (χ1v) is 7.71. The maximum atomic E-state index is 4.28. The minimum atomic E-state index is 0.483. The zero-order chi connectivity index (χ0) is 15.8. The SMILES string of the molecule is CCC(CNC(=NC)NCc1ccnn1C)c1ccccc1. The van der Waals surface area contributed by atoms with Gasteiger partial charge in [0, 0.05) is 32.8 Å². The molecule has 1 unspecified atom stereocenters. The van der Waals surface area contributed by atoms with Gasteiger partial charge in [-0.15, -0.1) is 0 Å². The average Bonchev–Trinajstić information content (AvgIpc) is 2.97. The van der Waals surface area contributed by atoms with E-state index in [1.807, 2.05) is 17.8 Å². The summed E-state index contributed by atoms with van der Waals surface area (Å²) in [6, 6.07) is 12.6. The molecule has 1 aromatic heterocycles. The van der Waals surface area contributed by atoms with Gasteiger partial charge in [-0.3, -0.25) is 9.67 Å². The third kappa shape index (κ3) is 4.35. The lowest BCUT2D eigenvalue weighted by atomic mass is 9.97. The summed E-state index contributed by atoms with van der Waals surface area (Å²) in [4.78, 5) is 4.28. The molecule has 0 fully saturated rings. The number of nitrogens with one attached hydrogen (secondary N) is 2. The fraction of sp³-hybridized carbons (Fsp3) is 0.412. The lowest BCUT2D eigenvalue weighted by Gasteiger charge is -2.18. The number of rotatable bonds is 6. The van der Waals surface area contributed by atoms with E-state index in [4.69, 9.17) is 0 Å². The van der Waals surface area contributed by atoms with Crippen LogP contribution < -0.4 is 10.6 Å². The van der Waals surface area contributed by atoms with Gasteiger partial charge in [-0.05, 0) is 18.1 Å². The van der Waals surface area contributed by atoms with Gasteiger partial charge in [0.05, 0.1) is 12.2 Å². The smallest absolute Gasteiger partial charge is 0.191 e. The van der Waals surface area contributed by atoms with Crippen LogP contribution in [0.2, 0.25) is 0 Å². The van der Waals surface area contributed by atoms with Crippen LogP contribution >= 0.6 is 0 Å². The molecular weight excluding hydrogens is 274 g/mol. The molecule has 2 rings (SSSR count). The highest BCUT2D eigenvalue weighted by Crippen LogP contribution is 2.17. The molecule has 22 heavy (non-hydrogen) atoms. The topological polar surface area (TPSA) is 54.2 Å². The van der Waals surface area contributed by atoms with Gasteiger partial charge in [0.25, 0.3) is 0 Å². The van der Waals surface area contributed by atoms with Gasteiger partial charge in [0.2, 0.25) is 0 Å². The van der Waals surface area contributed by atoms with Gasteiger partial charge >= 0.3 is 0 Å². The first kappa shape index (κ1) is 16.1. The number of hydrogen-bond acceptors (Lipinski definition) is 2. The summed E-state index contributed by atoms with van der Waals surface area (Å²) in [7, 11) is 3.73. The highest BCUT2D eigenvalue weighted by molar-refractivity contribution is 5.79. The molecule has 0 saturated carbocycles. The van der Waals surface area contributed by atoms with Gasteiger partial charge < -0.3 is 10.6 Å². The van der Waals surface area contributed by atoms with E-state index in [9.17, 15) is 0 Å². The van der Waals surface area contributed by atoms with Crippen molar-refractivity contribution in [3.8, 4) is 0 Å². The largest absolute Gasteiger partial charge is 0.356 e. The van der Waals surface area contributed by atoms with Crippen LogP contribution in [0.5, 0.6) is 0 Å². The van der Waals surface area contributed by atoms with E-state index in [1.54, 1.807) is 13.2 Å². The number of guanidine groups is 1. The number of aromatic nitrogens is 2. The molecule has 5 nitrogen and oxygen atoms in total. The molecule has 118 valence electrons. The van der Waals surface area contributed by atoms with Crippen molar-refractivity contribution >= 4 is 5.96 Å². The fourth-order valence-electron chi connectivity index (χ4n) is 2.41. The Bertz CT molecular complexity index is 588. The summed E-state index contributed by atoms with van der Waals surface area (Å²) >= 11 is 0. The van der Waals surface area contributed by atoms with Gasteiger partial charge in [-0.25, -0.2) is 0 Å². The molecule has 0 bridgehead atoms. The van der Waals surface area contributed by atoms with Crippen molar-refractivity contribution in [3.05, 3.63) is 53.9 Å². The molecule has 0 spiro atoms. The molecule has 1 aromatic carbocycles. The summed E-state index contributed by atoms with van der Waals surface area (Å²) in [5.41, 5.74) is 2.48. The van der Waals surface area contributed by atoms with E-state index in [2.05, 4.69) is 58.0 Å². The average molecular weight is 299 g/mol. The van der Waals surface area contributed by atoms with Crippen molar-refractivity contribution in [2.75, 3.05) is 13.6 Å². The number of hydrogen-bond donors (Lipinski definition) is 2. The van der Waals surface area contributed by atoms with Crippen LogP contribution in [-0.4, -0.2) is 29.3 Å². The Morgan fingerprint density at radius 1 is 1.23 bits per heavy atom. The maximum absolute atomic E-state index is 4.28. The quantitative estimate of drug-likeness (QED) is 0.635. The monoisotopic (exact) mass is 299 g/mol. The summed E-state index contributed by atoms with van der Waals surface area (Å²) in [6.45, 7) is 3.79. The third-order valence-corrected chi connectivity index (χ3v) is 3.86. The van der Waals surface area contributed by atoms with Gasteiger partial charge in [-0.1, -0.05) is 37.3 Å². The summed E-state index contributed by atoms with van der Waals surface area (Å²) in [6.07, 6.45) is 2.89. The second-order valence-electron chi connectivity index (χ2n) is 5.27. The number of benzene rings is 1. The summed E-state index contributed by atoms with van der Waals surface area (Å²) in [5, 5.41) is 10.9. The number of nitrogens with zero attached hydrogens (tertiary/aromatic N) is 3. The van der Waals surface area contributed by atoms with Crippen molar-refractivity contribution in [3.63, 3.8) is 0 Å².